The summed E-state index contributed by atoms with van der Waals surface area (Å²) in [6.07, 6.45) is -3.45. The van der Waals surface area contributed by atoms with E-state index in [0.29, 0.717) is 0 Å². The Hall–Kier alpha value is -2.58. The van der Waals surface area contributed by atoms with Crippen molar-refractivity contribution in [2.45, 2.75) is 11.7 Å². The van der Waals surface area contributed by atoms with E-state index in [1.807, 2.05) is 0 Å². The van der Waals surface area contributed by atoms with E-state index in [0.717, 1.165) is 18.5 Å². The zero-order valence-electron chi connectivity index (χ0n) is 10.9. The predicted octanol–water partition coefficient (Wildman–Crippen LogP) is 1.67. The zero-order valence-corrected chi connectivity index (χ0v) is 11.7. The molecule has 1 aromatic heterocycles. The number of carboxylic acids is 2. The fourth-order valence-electron chi connectivity index (χ4n) is 0.826. The first-order chi connectivity index (χ1) is 10.6. The highest BCUT2D eigenvalue weighted by molar-refractivity contribution is 7.93. The molecule has 0 aliphatic carbocycles. The third kappa shape index (κ3) is 6.67. The molecule has 0 aliphatic rings. The Morgan fingerprint density at radius 3 is 1.83 bits per heavy atom. The Kier molecular flexibility index (Phi) is 6.54. The summed E-state index contributed by atoms with van der Waals surface area (Å²) in [6, 6.07) is 0.721. The lowest BCUT2D eigenvalue weighted by Gasteiger charge is -2.10. The van der Waals surface area contributed by atoms with Crippen LogP contribution in [-0.2, 0) is 14.8 Å². The van der Waals surface area contributed by atoms with Gasteiger partial charge in [-0.05, 0) is 6.07 Å². The van der Waals surface area contributed by atoms with Gasteiger partial charge in [-0.15, -0.1) is 0 Å². The minimum atomic E-state index is -5.58. The van der Waals surface area contributed by atoms with Crippen molar-refractivity contribution >= 4 is 27.6 Å². The van der Waals surface area contributed by atoms with E-state index in [-0.39, 0.29) is 0 Å². The number of aromatic nitrogens is 1. The van der Waals surface area contributed by atoms with Crippen molar-refractivity contribution in [2.75, 3.05) is 4.72 Å². The lowest BCUT2D eigenvalue weighted by Crippen LogP contribution is -2.30. The molecule has 1 rings (SSSR count). The van der Waals surface area contributed by atoms with Crippen LogP contribution in [0.5, 0.6) is 0 Å². The van der Waals surface area contributed by atoms with Gasteiger partial charge in [0.2, 0.25) is 0 Å². The van der Waals surface area contributed by atoms with Crippen LogP contribution in [0, 0.1) is 0 Å². The number of aromatic carboxylic acids is 1. The monoisotopic (exact) mass is 384 g/mol. The standard InChI is InChI=1S/C7H5F3N2O4S.C2HF3O2/c8-7(9,10)17(15,16)12-5-1-4(6(13)14)2-11-3-5;3-2(4,5)1(6)7/h1-3,12H,(H,13,14);(H,6,7). The number of alkyl halides is 6. The number of carbonyl (C=O) groups is 2. The largest absolute Gasteiger partial charge is 0.516 e. The molecule has 8 nitrogen and oxygen atoms in total. The Labute approximate surface area is 128 Å². The smallest absolute Gasteiger partial charge is 0.478 e. The van der Waals surface area contributed by atoms with Crippen LogP contribution >= 0.6 is 0 Å². The van der Waals surface area contributed by atoms with E-state index in [1.54, 1.807) is 0 Å². The van der Waals surface area contributed by atoms with Crippen molar-refractivity contribution in [3.8, 4) is 0 Å². The highest BCUT2D eigenvalue weighted by atomic mass is 32.2. The van der Waals surface area contributed by atoms with Crippen molar-refractivity contribution in [2.24, 2.45) is 0 Å². The quantitative estimate of drug-likeness (QED) is 0.675. The zero-order chi connectivity index (χ0) is 19.3. The molecule has 0 spiro atoms. The van der Waals surface area contributed by atoms with E-state index in [2.05, 4.69) is 4.98 Å². The number of carboxylic acid groups (broad SMARTS) is 2. The molecule has 0 aromatic carbocycles. The highest BCUT2D eigenvalue weighted by Crippen LogP contribution is 2.25. The van der Waals surface area contributed by atoms with E-state index in [1.165, 1.54) is 4.72 Å². The van der Waals surface area contributed by atoms with Crippen LogP contribution in [0.4, 0.5) is 32.0 Å². The molecule has 15 heteroatoms. The van der Waals surface area contributed by atoms with Gasteiger partial charge in [0, 0.05) is 6.20 Å². The first kappa shape index (κ1) is 21.4. The number of halogens is 6. The molecule has 0 aliphatic heterocycles. The molecule has 24 heavy (non-hydrogen) atoms. The number of anilines is 1. The number of nitrogens with zero attached hydrogens (tertiary/aromatic N) is 1. The summed E-state index contributed by atoms with van der Waals surface area (Å²) >= 11 is 0. The van der Waals surface area contributed by atoms with Gasteiger partial charge in [0.15, 0.2) is 0 Å². The predicted molar refractivity (Wildman–Crippen MR) is 63.5 cm³/mol. The number of nitrogens with one attached hydrogen (secondary N) is 1. The van der Waals surface area contributed by atoms with Crippen LogP contribution in [0.15, 0.2) is 18.5 Å². The Balaban J connectivity index is 0.000000640. The van der Waals surface area contributed by atoms with Crippen LogP contribution in [0.2, 0.25) is 0 Å². The number of sulfonamides is 1. The second-order valence-corrected chi connectivity index (χ2v) is 5.30. The molecule has 0 saturated heterocycles. The van der Waals surface area contributed by atoms with Gasteiger partial charge in [-0.25, -0.2) is 9.59 Å². The fourth-order valence-corrected chi connectivity index (χ4v) is 1.36. The maximum atomic E-state index is 12.0. The molecular formula is C9H6F6N2O6S. The van der Waals surface area contributed by atoms with Gasteiger partial charge >= 0.3 is 33.6 Å². The molecule has 1 aromatic rings. The second-order valence-electron chi connectivity index (χ2n) is 3.62. The number of pyridine rings is 1. The second kappa shape index (κ2) is 7.33. The molecule has 0 saturated carbocycles. The summed E-state index contributed by atoms with van der Waals surface area (Å²) < 4.78 is 90.3. The fraction of sp³-hybridized carbons (Fsp3) is 0.222. The van der Waals surface area contributed by atoms with Gasteiger partial charge in [0.1, 0.15) is 0 Å². The summed E-state index contributed by atoms with van der Waals surface area (Å²) in [5, 5.41) is 15.7. The third-order valence-corrected chi connectivity index (χ3v) is 2.90. The molecule has 0 unspecified atom stereocenters. The average Bonchev–Trinajstić information content (AvgIpc) is 2.36. The number of hydrogen-bond donors (Lipinski definition) is 3. The molecule has 1 heterocycles. The SMILES string of the molecule is O=C(O)C(F)(F)F.O=C(O)c1cncc(NS(=O)(=O)C(F)(F)F)c1. The summed E-state index contributed by atoms with van der Waals surface area (Å²) in [5.74, 6) is -4.20. The van der Waals surface area contributed by atoms with Crippen molar-refractivity contribution in [3.05, 3.63) is 24.0 Å². The summed E-state index contributed by atoms with van der Waals surface area (Å²) in [4.78, 5) is 22.7. The Bertz CT molecular complexity index is 714. The number of rotatable bonds is 3. The maximum absolute atomic E-state index is 12.0. The minimum absolute atomic E-state index is 0.438. The molecular weight excluding hydrogens is 378 g/mol. The van der Waals surface area contributed by atoms with Gasteiger partial charge in [0.25, 0.3) is 0 Å². The number of aliphatic carboxylic acids is 1. The summed E-state index contributed by atoms with van der Waals surface area (Å²) in [5.41, 5.74) is -6.50. The van der Waals surface area contributed by atoms with Gasteiger partial charge in [0.05, 0.1) is 17.4 Å². The van der Waals surface area contributed by atoms with Gasteiger partial charge < -0.3 is 10.2 Å². The molecule has 0 fully saturated rings. The molecule has 0 bridgehead atoms. The van der Waals surface area contributed by atoms with Crippen LogP contribution in [0.25, 0.3) is 0 Å². The Morgan fingerprint density at radius 1 is 1.04 bits per heavy atom. The molecule has 136 valence electrons. The van der Waals surface area contributed by atoms with E-state index >= 15 is 0 Å². The van der Waals surface area contributed by atoms with Gasteiger partial charge in [-0.3, -0.25) is 9.71 Å². The van der Waals surface area contributed by atoms with Crippen LogP contribution in [0.1, 0.15) is 10.4 Å². The lowest BCUT2D eigenvalue weighted by molar-refractivity contribution is -0.192. The van der Waals surface area contributed by atoms with Crippen molar-refractivity contribution in [1.82, 2.24) is 4.98 Å². The van der Waals surface area contributed by atoms with Crippen molar-refractivity contribution < 1.29 is 54.6 Å². The van der Waals surface area contributed by atoms with Gasteiger partial charge in [-0.2, -0.15) is 34.8 Å². The first-order valence-corrected chi connectivity index (χ1v) is 6.64. The maximum Gasteiger partial charge on any atom is 0.516 e. The molecule has 0 amide bonds. The van der Waals surface area contributed by atoms with E-state index in [4.69, 9.17) is 15.0 Å². The first-order valence-electron chi connectivity index (χ1n) is 5.15. The summed E-state index contributed by atoms with van der Waals surface area (Å²) in [6.45, 7) is 0. The van der Waals surface area contributed by atoms with E-state index < -0.39 is 44.9 Å². The minimum Gasteiger partial charge on any atom is -0.478 e. The van der Waals surface area contributed by atoms with E-state index in [9.17, 15) is 39.6 Å². The lowest BCUT2D eigenvalue weighted by atomic mass is 10.3. The summed E-state index contributed by atoms with van der Waals surface area (Å²) in [7, 11) is -5.58. The molecule has 0 atom stereocenters. The van der Waals surface area contributed by atoms with Crippen LogP contribution < -0.4 is 4.72 Å². The number of hydrogen-bond acceptors (Lipinski definition) is 5. The third-order valence-electron chi connectivity index (χ3n) is 1.78. The average molecular weight is 384 g/mol. The Morgan fingerprint density at radius 2 is 1.50 bits per heavy atom. The normalized spacial score (nSPS) is 11.9. The van der Waals surface area contributed by atoms with Crippen molar-refractivity contribution in [3.63, 3.8) is 0 Å². The van der Waals surface area contributed by atoms with Crippen LogP contribution in [0.3, 0.4) is 0 Å². The van der Waals surface area contributed by atoms with Gasteiger partial charge in [-0.1, -0.05) is 0 Å². The van der Waals surface area contributed by atoms with Crippen LogP contribution in [-0.4, -0.2) is 47.2 Å². The highest BCUT2D eigenvalue weighted by Gasteiger charge is 2.46. The topological polar surface area (TPSA) is 134 Å². The molecule has 0 radical (unpaired) electrons. The molecule has 3 N–H and O–H groups in total. The van der Waals surface area contributed by atoms with Crippen molar-refractivity contribution in [1.29, 1.82) is 0 Å².